The quantitative estimate of drug-likeness (QED) is 0.429. The summed E-state index contributed by atoms with van der Waals surface area (Å²) in [5.74, 6) is -0.870. The van der Waals surface area contributed by atoms with E-state index in [-0.39, 0.29) is 22.5 Å². The molecule has 8 nitrogen and oxygen atoms in total. The second-order valence-electron chi connectivity index (χ2n) is 7.23. The van der Waals surface area contributed by atoms with Crippen LogP contribution < -0.4 is 11.0 Å². The Morgan fingerprint density at radius 1 is 0.912 bits per heavy atom. The average molecular weight is 464 g/mol. The molecule has 5 aromatic rings. The van der Waals surface area contributed by atoms with E-state index in [0.717, 1.165) is 18.3 Å². The molecule has 0 saturated heterocycles. The SMILES string of the molecule is O=c1c(-c2ccc(-n3c(=O)ccn3C(F)F)cc2F)c[nH]nc1-c1ccnn1-c1ccccc1. The van der Waals surface area contributed by atoms with E-state index in [4.69, 9.17) is 0 Å². The minimum absolute atomic E-state index is 0.0186. The molecule has 34 heavy (non-hydrogen) atoms. The van der Waals surface area contributed by atoms with Crippen LogP contribution in [0.4, 0.5) is 13.2 Å². The lowest BCUT2D eigenvalue weighted by atomic mass is 10.0. The third kappa shape index (κ3) is 3.52. The Labute approximate surface area is 189 Å². The fraction of sp³-hybridized carbons (Fsp3) is 0.0435. The Kier molecular flexibility index (Phi) is 5.21. The summed E-state index contributed by atoms with van der Waals surface area (Å²) in [5.41, 5.74) is -0.393. The fourth-order valence-corrected chi connectivity index (χ4v) is 3.69. The number of nitrogens with one attached hydrogen (secondary N) is 1. The van der Waals surface area contributed by atoms with Gasteiger partial charge in [0, 0.05) is 30.1 Å². The van der Waals surface area contributed by atoms with Crippen LogP contribution >= 0.6 is 0 Å². The minimum Gasteiger partial charge on any atom is -0.287 e. The molecule has 0 radical (unpaired) electrons. The first-order chi connectivity index (χ1) is 16.5. The molecular formula is C23H15F3N6O2. The summed E-state index contributed by atoms with van der Waals surface area (Å²) in [6, 6.07) is 15.1. The molecule has 0 bridgehead atoms. The van der Waals surface area contributed by atoms with Gasteiger partial charge in [0.25, 0.3) is 5.56 Å². The van der Waals surface area contributed by atoms with Crippen molar-refractivity contribution in [3.8, 4) is 33.9 Å². The van der Waals surface area contributed by atoms with Crippen molar-refractivity contribution < 1.29 is 13.2 Å². The maximum atomic E-state index is 15.1. The lowest BCUT2D eigenvalue weighted by Crippen LogP contribution is -2.21. The lowest BCUT2D eigenvalue weighted by Gasteiger charge is -2.12. The third-order valence-electron chi connectivity index (χ3n) is 5.23. The zero-order chi connectivity index (χ0) is 23.8. The highest BCUT2D eigenvalue weighted by Crippen LogP contribution is 2.25. The third-order valence-corrected chi connectivity index (χ3v) is 5.23. The van der Waals surface area contributed by atoms with Crippen LogP contribution in [0.3, 0.4) is 0 Å². The van der Waals surface area contributed by atoms with Crippen molar-refractivity contribution >= 4 is 0 Å². The largest absolute Gasteiger partial charge is 0.332 e. The summed E-state index contributed by atoms with van der Waals surface area (Å²) < 4.78 is 44.1. The molecular weight excluding hydrogens is 449 g/mol. The standard InChI is InChI=1S/C23H15F3N6O2/c24-18-12-15(32-20(33)9-11-30(32)23(25)26)6-7-16(18)17-13-27-29-21(22(17)34)19-8-10-28-31(19)14-4-2-1-3-5-14/h1-13,23H,(H,27,34). The predicted molar refractivity (Wildman–Crippen MR) is 118 cm³/mol. The van der Waals surface area contributed by atoms with Crippen molar-refractivity contribution in [3.05, 3.63) is 106 Å². The van der Waals surface area contributed by atoms with Gasteiger partial charge in [0.2, 0.25) is 5.43 Å². The Morgan fingerprint density at radius 3 is 2.44 bits per heavy atom. The van der Waals surface area contributed by atoms with Crippen LogP contribution in [0, 0.1) is 5.82 Å². The van der Waals surface area contributed by atoms with Gasteiger partial charge >= 0.3 is 6.55 Å². The van der Waals surface area contributed by atoms with Gasteiger partial charge in [-0.15, -0.1) is 0 Å². The number of nitrogens with zero attached hydrogens (tertiary/aromatic N) is 5. The van der Waals surface area contributed by atoms with Crippen molar-refractivity contribution in [2.75, 3.05) is 0 Å². The van der Waals surface area contributed by atoms with E-state index in [1.165, 1.54) is 29.2 Å². The molecule has 0 unspecified atom stereocenters. The van der Waals surface area contributed by atoms with E-state index < -0.39 is 23.4 Å². The number of hydrogen-bond donors (Lipinski definition) is 1. The van der Waals surface area contributed by atoms with E-state index in [1.54, 1.807) is 6.07 Å². The summed E-state index contributed by atoms with van der Waals surface area (Å²) >= 11 is 0. The molecule has 0 saturated carbocycles. The number of hydrogen-bond acceptors (Lipinski definition) is 4. The molecule has 0 aliphatic heterocycles. The highest BCUT2D eigenvalue weighted by atomic mass is 19.3. The zero-order valence-corrected chi connectivity index (χ0v) is 17.3. The molecule has 11 heteroatoms. The topological polar surface area (TPSA) is 90.5 Å². The van der Waals surface area contributed by atoms with Crippen LogP contribution in [-0.2, 0) is 0 Å². The Hall–Kier alpha value is -4.67. The van der Waals surface area contributed by atoms with Crippen LogP contribution in [-0.4, -0.2) is 29.3 Å². The number of aromatic nitrogens is 6. The van der Waals surface area contributed by atoms with Gasteiger partial charge in [0.05, 0.1) is 28.8 Å². The highest BCUT2D eigenvalue weighted by molar-refractivity contribution is 5.70. The van der Waals surface area contributed by atoms with Gasteiger partial charge in [-0.3, -0.25) is 14.7 Å². The van der Waals surface area contributed by atoms with Crippen molar-refractivity contribution in [2.24, 2.45) is 0 Å². The van der Waals surface area contributed by atoms with Gasteiger partial charge in [-0.25, -0.2) is 18.4 Å². The smallest absolute Gasteiger partial charge is 0.287 e. The molecule has 5 rings (SSSR count). The van der Waals surface area contributed by atoms with Gasteiger partial charge in [0.15, 0.2) is 5.69 Å². The number of rotatable bonds is 5. The fourth-order valence-electron chi connectivity index (χ4n) is 3.69. The lowest BCUT2D eigenvalue weighted by molar-refractivity contribution is 0.0487. The van der Waals surface area contributed by atoms with Gasteiger partial charge < -0.3 is 0 Å². The second-order valence-corrected chi connectivity index (χ2v) is 7.23. The monoisotopic (exact) mass is 464 g/mol. The Morgan fingerprint density at radius 2 is 1.71 bits per heavy atom. The summed E-state index contributed by atoms with van der Waals surface area (Å²) in [6.07, 6.45) is 3.68. The summed E-state index contributed by atoms with van der Waals surface area (Å²) in [7, 11) is 0. The molecule has 0 atom stereocenters. The number of para-hydroxylation sites is 1. The highest BCUT2D eigenvalue weighted by Gasteiger charge is 2.19. The second kappa shape index (κ2) is 8.35. The van der Waals surface area contributed by atoms with Crippen LogP contribution in [0.1, 0.15) is 6.55 Å². The van der Waals surface area contributed by atoms with Crippen LogP contribution in [0.5, 0.6) is 0 Å². The van der Waals surface area contributed by atoms with Crippen molar-refractivity contribution in [2.45, 2.75) is 6.55 Å². The Bertz CT molecular complexity index is 1600. The molecule has 3 aromatic heterocycles. The van der Waals surface area contributed by atoms with Crippen LogP contribution in [0.15, 0.2) is 88.8 Å². The van der Waals surface area contributed by atoms with Gasteiger partial charge in [-0.2, -0.15) is 19.0 Å². The van der Waals surface area contributed by atoms with Crippen molar-refractivity contribution in [1.82, 2.24) is 29.3 Å². The van der Waals surface area contributed by atoms with E-state index in [2.05, 4.69) is 15.3 Å². The summed E-state index contributed by atoms with van der Waals surface area (Å²) in [4.78, 5) is 25.3. The number of alkyl halides is 2. The maximum Gasteiger partial charge on any atom is 0.332 e. The summed E-state index contributed by atoms with van der Waals surface area (Å²) in [6.45, 7) is -2.99. The molecule has 1 N–H and O–H groups in total. The van der Waals surface area contributed by atoms with Crippen LogP contribution in [0.25, 0.3) is 33.9 Å². The normalized spacial score (nSPS) is 11.3. The first kappa shape index (κ1) is 21.2. The van der Waals surface area contributed by atoms with Gasteiger partial charge in [-0.1, -0.05) is 18.2 Å². The molecule has 0 spiro atoms. The number of aromatic amines is 1. The first-order valence-corrected chi connectivity index (χ1v) is 10.0. The minimum atomic E-state index is -2.99. The molecule has 0 aliphatic rings. The molecule has 170 valence electrons. The maximum absolute atomic E-state index is 15.1. The van der Waals surface area contributed by atoms with E-state index in [9.17, 15) is 18.4 Å². The molecule has 0 amide bonds. The molecule has 0 fully saturated rings. The number of halogens is 3. The predicted octanol–water partition coefficient (Wildman–Crippen LogP) is 3.78. The van der Waals surface area contributed by atoms with Crippen molar-refractivity contribution in [1.29, 1.82) is 0 Å². The van der Waals surface area contributed by atoms with E-state index in [1.807, 2.05) is 30.3 Å². The first-order valence-electron chi connectivity index (χ1n) is 10.0. The molecule has 3 heterocycles. The number of H-pyrrole nitrogens is 1. The van der Waals surface area contributed by atoms with Gasteiger partial charge in [0.1, 0.15) is 5.82 Å². The van der Waals surface area contributed by atoms with E-state index in [0.29, 0.717) is 20.7 Å². The average Bonchev–Trinajstić information content (AvgIpc) is 3.47. The number of benzene rings is 2. The molecule has 0 aliphatic carbocycles. The Balaban J connectivity index is 1.60. The van der Waals surface area contributed by atoms with Crippen LogP contribution in [0.2, 0.25) is 0 Å². The van der Waals surface area contributed by atoms with Crippen molar-refractivity contribution in [3.63, 3.8) is 0 Å². The summed E-state index contributed by atoms with van der Waals surface area (Å²) in [5, 5.41) is 10.9. The zero-order valence-electron chi connectivity index (χ0n) is 17.3. The van der Waals surface area contributed by atoms with Gasteiger partial charge in [-0.05, 0) is 30.3 Å². The molecule has 2 aromatic carbocycles. The van der Waals surface area contributed by atoms with E-state index >= 15 is 4.39 Å².